The molecule has 2 aromatic carbocycles. The van der Waals surface area contributed by atoms with Crippen LogP contribution in [0.1, 0.15) is 28.8 Å². The highest BCUT2D eigenvalue weighted by atomic mass is 32.2. The smallest absolute Gasteiger partial charge is 0.322 e. The molecule has 5 amide bonds. The average Bonchev–Trinajstić information content (AvgIpc) is 3.48. The molecule has 0 aliphatic carbocycles. The van der Waals surface area contributed by atoms with Gasteiger partial charge in [0, 0.05) is 31.1 Å². The average molecular weight is 581 g/mol. The van der Waals surface area contributed by atoms with Crippen molar-refractivity contribution >= 4 is 39.3 Å². The zero-order valence-electron chi connectivity index (χ0n) is 22.4. The summed E-state index contributed by atoms with van der Waals surface area (Å²) >= 11 is 0. The molecule has 2 aromatic rings. The van der Waals surface area contributed by atoms with E-state index in [4.69, 9.17) is 0 Å². The highest BCUT2D eigenvalue weighted by Gasteiger charge is 2.59. The number of carbonyl (C=O) groups excluding carboxylic acids is 4. The Kier molecular flexibility index (Phi) is 6.94. The first-order valence-electron chi connectivity index (χ1n) is 13.8. The van der Waals surface area contributed by atoms with Crippen molar-refractivity contribution in [3.8, 4) is 0 Å². The molecule has 3 saturated heterocycles. The van der Waals surface area contributed by atoms with Crippen LogP contribution in [0.3, 0.4) is 0 Å². The number of piperidine rings is 1. The van der Waals surface area contributed by atoms with Crippen molar-refractivity contribution in [2.45, 2.75) is 35.9 Å². The fourth-order valence-electron chi connectivity index (χ4n) is 6.21. The first kappa shape index (κ1) is 27.2. The molecule has 13 heteroatoms. The largest absolute Gasteiger partial charge is 0.365 e. The predicted octanol–water partition coefficient (Wildman–Crippen LogP) is -0.00110. The van der Waals surface area contributed by atoms with Gasteiger partial charge in [0.05, 0.1) is 28.9 Å². The van der Waals surface area contributed by atoms with Gasteiger partial charge in [-0.1, -0.05) is 24.3 Å². The van der Waals surface area contributed by atoms with E-state index < -0.39 is 39.3 Å². The number of anilines is 1. The summed E-state index contributed by atoms with van der Waals surface area (Å²) < 4.78 is 24.9. The normalized spacial score (nSPS) is 25.5. The standard InChI is InChI=1S/C28H32N6O6S/c35-24(19-7-5-18(6-8-19)15-33-13-14-41(39,40)22-4-2-1-3-21(22)33)30-23-16-34(25(36)20-9-11-29-12-10-20)17-28(23)26(37)31-27(38)32-28/h1-8,20,23,29H,9-17H2,(H,30,35)(H2,31,32,37,38)/t23-,28+/m1/s1. The number of fused-ring (bicyclic) bond motifs is 1. The number of amides is 5. The highest BCUT2D eigenvalue weighted by Crippen LogP contribution is 2.32. The molecule has 4 aliphatic rings. The van der Waals surface area contributed by atoms with Gasteiger partial charge in [0.25, 0.3) is 11.8 Å². The van der Waals surface area contributed by atoms with Gasteiger partial charge in [0.1, 0.15) is 0 Å². The fraction of sp³-hybridized carbons (Fsp3) is 0.429. The van der Waals surface area contributed by atoms with Gasteiger partial charge in [-0.2, -0.15) is 0 Å². The molecule has 4 heterocycles. The lowest BCUT2D eigenvalue weighted by Gasteiger charge is -2.31. The Bertz CT molecular complexity index is 1510. The molecule has 12 nitrogen and oxygen atoms in total. The number of hydrogen-bond donors (Lipinski definition) is 4. The topological polar surface area (TPSA) is 157 Å². The lowest BCUT2D eigenvalue weighted by Crippen LogP contribution is -2.62. The summed E-state index contributed by atoms with van der Waals surface area (Å²) in [6.45, 7) is 2.42. The van der Waals surface area contributed by atoms with Gasteiger partial charge in [-0.05, 0) is 55.8 Å². The summed E-state index contributed by atoms with van der Waals surface area (Å²) in [4.78, 5) is 55.5. The quantitative estimate of drug-likeness (QED) is 0.360. The first-order chi connectivity index (χ1) is 19.7. The maximum atomic E-state index is 13.3. The van der Waals surface area contributed by atoms with Gasteiger partial charge in [-0.15, -0.1) is 0 Å². The van der Waals surface area contributed by atoms with Gasteiger partial charge in [-0.3, -0.25) is 19.7 Å². The summed E-state index contributed by atoms with van der Waals surface area (Å²) in [7, 11) is -3.31. The van der Waals surface area contributed by atoms with Crippen molar-refractivity contribution < 1.29 is 27.6 Å². The number of hydrogen-bond acceptors (Lipinski definition) is 8. The fourth-order valence-corrected chi connectivity index (χ4v) is 7.69. The summed E-state index contributed by atoms with van der Waals surface area (Å²) in [5, 5.41) is 11.1. The molecule has 4 N–H and O–H groups in total. The molecule has 41 heavy (non-hydrogen) atoms. The molecule has 3 fully saturated rings. The molecule has 0 saturated carbocycles. The Labute approximate surface area is 237 Å². The number of likely N-dealkylation sites (tertiary alicyclic amines) is 1. The number of imide groups is 1. The van der Waals surface area contributed by atoms with Crippen molar-refractivity contribution in [1.29, 1.82) is 0 Å². The van der Waals surface area contributed by atoms with Gasteiger partial charge in [0.15, 0.2) is 15.4 Å². The van der Waals surface area contributed by atoms with Crippen LogP contribution in [-0.2, 0) is 26.0 Å². The number of para-hydroxylation sites is 1. The zero-order chi connectivity index (χ0) is 28.8. The number of nitrogens with zero attached hydrogens (tertiary/aromatic N) is 2. The molecule has 0 bridgehead atoms. The lowest BCUT2D eigenvalue weighted by molar-refractivity contribution is -0.135. The minimum atomic E-state index is -3.31. The first-order valence-corrected chi connectivity index (χ1v) is 15.4. The van der Waals surface area contributed by atoms with Gasteiger partial charge < -0.3 is 25.8 Å². The Balaban J connectivity index is 1.16. The summed E-state index contributed by atoms with van der Waals surface area (Å²) in [5.74, 6) is -1.20. The van der Waals surface area contributed by atoms with Crippen LogP contribution < -0.4 is 26.2 Å². The number of carbonyl (C=O) groups is 4. The molecular formula is C28H32N6O6S. The van der Waals surface area contributed by atoms with Crippen LogP contribution in [0.4, 0.5) is 10.5 Å². The summed E-state index contributed by atoms with van der Waals surface area (Å²) in [5.41, 5.74) is 0.484. The Morgan fingerprint density at radius 3 is 2.46 bits per heavy atom. The molecule has 2 atom stereocenters. The van der Waals surface area contributed by atoms with Crippen LogP contribution in [0.15, 0.2) is 53.4 Å². The molecule has 4 aliphatic heterocycles. The number of urea groups is 1. The van der Waals surface area contributed by atoms with E-state index >= 15 is 0 Å². The Morgan fingerprint density at radius 2 is 1.76 bits per heavy atom. The number of rotatable bonds is 5. The molecule has 216 valence electrons. The number of sulfone groups is 1. The van der Waals surface area contributed by atoms with Crippen molar-refractivity contribution in [3.63, 3.8) is 0 Å². The maximum absolute atomic E-state index is 13.3. The monoisotopic (exact) mass is 580 g/mol. The van der Waals surface area contributed by atoms with Gasteiger partial charge in [0.2, 0.25) is 5.91 Å². The van der Waals surface area contributed by atoms with Crippen molar-refractivity contribution in [1.82, 2.24) is 26.2 Å². The number of nitrogens with one attached hydrogen (secondary N) is 4. The van der Waals surface area contributed by atoms with Crippen LogP contribution in [0.2, 0.25) is 0 Å². The van der Waals surface area contributed by atoms with Crippen LogP contribution in [-0.4, -0.2) is 87.1 Å². The lowest BCUT2D eigenvalue weighted by atomic mass is 9.93. The third-order valence-corrected chi connectivity index (χ3v) is 10.2. The minimum absolute atomic E-state index is 0.00967. The predicted molar refractivity (Wildman–Crippen MR) is 149 cm³/mol. The summed E-state index contributed by atoms with van der Waals surface area (Å²) in [6.07, 6.45) is 1.40. The van der Waals surface area contributed by atoms with Crippen molar-refractivity contribution in [2.75, 3.05) is 43.4 Å². The second kappa shape index (κ2) is 10.5. The van der Waals surface area contributed by atoms with Crippen molar-refractivity contribution in [3.05, 3.63) is 59.7 Å². The minimum Gasteiger partial charge on any atom is -0.365 e. The second-order valence-electron chi connectivity index (χ2n) is 11.1. The zero-order valence-corrected chi connectivity index (χ0v) is 23.2. The second-order valence-corrected chi connectivity index (χ2v) is 13.1. The molecule has 0 unspecified atom stereocenters. The van der Waals surface area contributed by atoms with Crippen LogP contribution >= 0.6 is 0 Å². The van der Waals surface area contributed by atoms with Gasteiger partial charge in [-0.25, -0.2) is 13.2 Å². The van der Waals surface area contributed by atoms with E-state index in [1.54, 1.807) is 35.2 Å². The van der Waals surface area contributed by atoms with E-state index in [1.165, 1.54) is 0 Å². The van der Waals surface area contributed by atoms with E-state index in [0.717, 1.165) is 18.7 Å². The Hall–Kier alpha value is -3.97. The molecular weight excluding hydrogens is 548 g/mol. The molecule has 0 radical (unpaired) electrons. The van der Waals surface area contributed by atoms with Gasteiger partial charge >= 0.3 is 6.03 Å². The Morgan fingerprint density at radius 1 is 1.02 bits per heavy atom. The third-order valence-electron chi connectivity index (χ3n) is 8.47. The van der Waals surface area contributed by atoms with E-state index in [1.807, 2.05) is 23.1 Å². The van der Waals surface area contributed by atoms with Crippen molar-refractivity contribution in [2.24, 2.45) is 5.92 Å². The summed E-state index contributed by atoms with van der Waals surface area (Å²) in [6, 6.07) is 12.4. The number of benzene rings is 2. The van der Waals surface area contributed by atoms with E-state index in [2.05, 4.69) is 21.3 Å². The molecule has 0 aromatic heterocycles. The molecule has 1 spiro atoms. The maximum Gasteiger partial charge on any atom is 0.322 e. The highest BCUT2D eigenvalue weighted by molar-refractivity contribution is 7.91. The van der Waals surface area contributed by atoms with Crippen LogP contribution in [0.5, 0.6) is 0 Å². The van der Waals surface area contributed by atoms with Crippen LogP contribution in [0, 0.1) is 5.92 Å². The van der Waals surface area contributed by atoms with Crippen LogP contribution in [0.25, 0.3) is 0 Å². The SMILES string of the molecule is O=C1NC(=O)[C@@]2(CN(C(=O)C3CCNCC3)C[C@H]2NC(=O)c2ccc(CN3CCS(=O)(=O)c4ccccc43)cc2)N1. The van der Waals surface area contributed by atoms with E-state index in [0.29, 0.717) is 42.1 Å². The van der Waals surface area contributed by atoms with E-state index in [9.17, 15) is 27.6 Å². The van der Waals surface area contributed by atoms with E-state index in [-0.39, 0.29) is 30.7 Å². The third kappa shape index (κ3) is 5.04. The molecule has 6 rings (SSSR count).